The second-order valence-corrected chi connectivity index (χ2v) is 9.43. The number of carbonyl (C=O) groups is 2. The lowest BCUT2D eigenvalue weighted by Crippen LogP contribution is -2.34. The third kappa shape index (κ3) is 3.80. The highest BCUT2D eigenvalue weighted by atomic mass is 32.2. The van der Waals surface area contributed by atoms with E-state index in [2.05, 4.69) is 5.10 Å². The Morgan fingerprint density at radius 3 is 2.45 bits per heavy atom. The number of carboxylic acid groups (broad SMARTS) is 1. The van der Waals surface area contributed by atoms with E-state index in [0.29, 0.717) is 21.3 Å². The minimum Gasteiger partial charge on any atom is -0.497 e. The number of aromatic nitrogens is 2. The highest BCUT2D eigenvalue weighted by Crippen LogP contribution is 2.38. The molecule has 1 N–H and O–H groups in total. The van der Waals surface area contributed by atoms with E-state index >= 15 is 0 Å². The van der Waals surface area contributed by atoms with Crippen LogP contribution in [0.3, 0.4) is 0 Å². The van der Waals surface area contributed by atoms with Crippen LogP contribution >= 0.6 is 0 Å². The largest absolute Gasteiger partial charge is 0.497 e. The van der Waals surface area contributed by atoms with E-state index in [1.807, 2.05) is 13.8 Å². The number of carboxylic acids is 1. The van der Waals surface area contributed by atoms with Gasteiger partial charge in [-0.2, -0.15) is 9.40 Å². The molecular weight excluding hydrogens is 450 g/mol. The molecule has 1 amide bonds. The van der Waals surface area contributed by atoms with E-state index in [4.69, 9.17) is 9.47 Å². The van der Waals surface area contributed by atoms with Crippen LogP contribution in [0.2, 0.25) is 0 Å². The van der Waals surface area contributed by atoms with E-state index in [0.717, 1.165) is 6.07 Å². The van der Waals surface area contributed by atoms with Crippen molar-refractivity contribution in [3.05, 3.63) is 65.4 Å². The number of rotatable bonds is 7. The molecule has 1 aliphatic heterocycles. The maximum atomic E-state index is 13.2. The van der Waals surface area contributed by atoms with Crippen molar-refractivity contribution < 1.29 is 32.6 Å². The van der Waals surface area contributed by atoms with Crippen molar-refractivity contribution in [1.29, 1.82) is 0 Å². The van der Waals surface area contributed by atoms with E-state index in [9.17, 15) is 23.1 Å². The number of ether oxygens (including phenoxy) is 2. The fourth-order valence-corrected chi connectivity index (χ4v) is 5.01. The summed E-state index contributed by atoms with van der Waals surface area (Å²) in [6.45, 7) is 3.03. The summed E-state index contributed by atoms with van der Waals surface area (Å²) in [7, 11) is -2.79. The molecule has 0 unspecified atom stereocenters. The van der Waals surface area contributed by atoms with Gasteiger partial charge in [0, 0.05) is 12.1 Å². The number of aromatic carboxylic acids is 1. The molecule has 10 nitrogen and oxygen atoms in total. The van der Waals surface area contributed by atoms with E-state index < -0.39 is 28.6 Å². The number of amides is 1. The van der Waals surface area contributed by atoms with E-state index in [1.165, 1.54) is 17.9 Å². The molecule has 0 aliphatic carbocycles. The van der Waals surface area contributed by atoms with Crippen molar-refractivity contribution >= 4 is 21.9 Å². The number of nitrogens with zero attached hydrogens (tertiary/aromatic N) is 3. The van der Waals surface area contributed by atoms with Gasteiger partial charge in [-0.1, -0.05) is 32.0 Å². The third-order valence-electron chi connectivity index (χ3n) is 5.20. The number of para-hydroxylation sites is 1. The van der Waals surface area contributed by atoms with Crippen molar-refractivity contribution in [3.63, 3.8) is 0 Å². The highest BCUT2D eigenvalue weighted by molar-refractivity contribution is 7.90. The Kier molecular flexibility index (Phi) is 5.58. The number of hydrogen-bond donors (Lipinski definition) is 1. The van der Waals surface area contributed by atoms with Crippen LogP contribution in [0.25, 0.3) is 5.69 Å². The number of sulfonamides is 1. The average Bonchev–Trinajstić information content (AvgIpc) is 3.30. The Morgan fingerprint density at radius 2 is 1.85 bits per heavy atom. The van der Waals surface area contributed by atoms with Gasteiger partial charge in [0.2, 0.25) is 5.88 Å². The molecule has 0 fully saturated rings. The summed E-state index contributed by atoms with van der Waals surface area (Å²) in [5.74, 6) is -1.84. The molecule has 0 bridgehead atoms. The second kappa shape index (κ2) is 8.24. The van der Waals surface area contributed by atoms with Crippen LogP contribution in [0.15, 0.2) is 53.4 Å². The maximum absolute atomic E-state index is 13.2. The number of benzene rings is 2. The maximum Gasteiger partial charge on any atom is 0.356 e. The molecule has 2 heterocycles. The van der Waals surface area contributed by atoms with Crippen molar-refractivity contribution in [1.82, 2.24) is 14.1 Å². The quantitative estimate of drug-likeness (QED) is 0.557. The molecule has 3 aromatic rings. The van der Waals surface area contributed by atoms with Crippen molar-refractivity contribution in [2.24, 2.45) is 0 Å². The summed E-state index contributed by atoms with van der Waals surface area (Å²) in [6.07, 6.45) is 0. The van der Waals surface area contributed by atoms with Crippen molar-refractivity contribution in [2.75, 3.05) is 13.8 Å². The third-order valence-corrected chi connectivity index (χ3v) is 6.93. The van der Waals surface area contributed by atoms with Crippen LogP contribution in [0.5, 0.6) is 11.6 Å². The monoisotopic (exact) mass is 471 g/mol. The molecule has 0 spiro atoms. The van der Waals surface area contributed by atoms with E-state index in [1.54, 1.807) is 36.4 Å². The van der Waals surface area contributed by atoms with Crippen LogP contribution in [0.4, 0.5) is 0 Å². The standard InChI is InChI=1S/C22H21N3O7S/c1-13(2)16-9-15(31-3)10-18-20(16)21(26)24(33(18,29)30)12-32-19-11-17(22(27)28)23-25(19)14-7-5-4-6-8-14/h4-11,13H,12H2,1-3H3,(H,27,28). The van der Waals surface area contributed by atoms with Crippen LogP contribution < -0.4 is 9.47 Å². The van der Waals surface area contributed by atoms with Crippen molar-refractivity contribution in [3.8, 4) is 17.3 Å². The molecule has 2 aromatic carbocycles. The Hall–Kier alpha value is -3.86. The predicted molar refractivity (Wildman–Crippen MR) is 116 cm³/mol. The molecule has 0 radical (unpaired) electrons. The zero-order valence-corrected chi connectivity index (χ0v) is 18.9. The van der Waals surface area contributed by atoms with Gasteiger partial charge in [0.25, 0.3) is 15.9 Å². The first-order valence-electron chi connectivity index (χ1n) is 9.95. The highest BCUT2D eigenvalue weighted by Gasteiger charge is 2.44. The second-order valence-electron chi connectivity index (χ2n) is 7.60. The van der Waals surface area contributed by atoms with E-state index in [-0.39, 0.29) is 28.0 Å². The molecule has 0 saturated heterocycles. The van der Waals surface area contributed by atoms with Gasteiger partial charge in [-0.05, 0) is 29.7 Å². The molecule has 1 aromatic heterocycles. The lowest BCUT2D eigenvalue weighted by molar-refractivity contribution is 0.0688. The van der Waals surface area contributed by atoms with Gasteiger partial charge in [-0.25, -0.2) is 17.9 Å². The molecule has 33 heavy (non-hydrogen) atoms. The lowest BCUT2D eigenvalue weighted by Gasteiger charge is -2.16. The molecule has 172 valence electrons. The number of hydrogen-bond acceptors (Lipinski definition) is 7. The Labute approximate surface area is 190 Å². The van der Waals surface area contributed by atoms with Crippen molar-refractivity contribution in [2.45, 2.75) is 24.7 Å². The molecule has 11 heteroatoms. The fraction of sp³-hybridized carbons (Fsp3) is 0.227. The molecule has 0 atom stereocenters. The molecular formula is C22H21N3O7S. The number of methoxy groups -OCH3 is 1. The minimum atomic E-state index is -4.21. The van der Waals surface area contributed by atoms with Gasteiger partial charge >= 0.3 is 5.97 Å². The van der Waals surface area contributed by atoms with Crippen LogP contribution in [0.1, 0.15) is 46.2 Å². The first-order valence-corrected chi connectivity index (χ1v) is 11.4. The zero-order chi connectivity index (χ0) is 23.9. The topological polar surface area (TPSA) is 128 Å². The van der Waals surface area contributed by atoms with Crippen LogP contribution in [0, 0.1) is 0 Å². The van der Waals surface area contributed by atoms with Crippen LogP contribution in [-0.2, 0) is 10.0 Å². The summed E-state index contributed by atoms with van der Waals surface area (Å²) in [5, 5.41) is 13.3. The van der Waals surface area contributed by atoms with Gasteiger partial charge in [0.1, 0.15) is 10.6 Å². The smallest absolute Gasteiger partial charge is 0.356 e. The van der Waals surface area contributed by atoms with Gasteiger partial charge in [0.15, 0.2) is 12.4 Å². The van der Waals surface area contributed by atoms with Gasteiger partial charge < -0.3 is 14.6 Å². The average molecular weight is 471 g/mol. The fourth-order valence-electron chi connectivity index (χ4n) is 3.55. The van der Waals surface area contributed by atoms with Gasteiger partial charge in [-0.15, -0.1) is 0 Å². The Morgan fingerprint density at radius 1 is 1.15 bits per heavy atom. The lowest BCUT2D eigenvalue weighted by atomic mass is 9.96. The number of carbonyl (C=O) groups excluding carboxylic acids is 1. The normalized spacial score (nSPS) is 14.4. The SMILES string of the molecule is COc1cc(C(C)C)c2c(c1)S(=O)(=O)N(COc1cc(C(=O)O)nn1-c1ccccc1)C2=O. The van der Waals surface area contributed by atoms with Gasteiger partial charge in [0.05, 0.1) is 18.4 Å². The summed E-state index contributed by atoms with van der Waals surface area (Å²) in [5.41, 5.74) is 0.838. The first kappa shape index (κ1) is 22.3. The predicted octanol–water partition coefficient (Wildman–Crippen LogP) is 2.88. The Balaban J connectivity index is 1.71. The molecule has 1 aliphatic rings. The Bertz CT molecular complexity index is 1350. The summed E-state index contributed by atoms with van der Waals surface area (Å²) in [4.78, 5) is 24.4. The summed E-state index contributed by atoms with van der Waals surface area (Å²) >= 11 is 0. The molecule has 0 saturated carbocycles. The minimum absolute atomic E-state index is 0.0285. The number of fused-ring (bicyclic) bond motifs is 1. The summed E-state index contributed by atoms with van der Waals surface area (Å²) < 4.78 is 39.1. The first-order chi connectivity index (χ1) is 15.6. The molecule has 4 rings (SSSR count). The van der Waals surface area contributed by atoms with Gasteiger partial charge in [-0.3, -0.25) is 4.79 Å². The summed E-state index contributed by atoms with van der Waals surface area (Å²) in [6, 6.07) is 12.7. The zero-order valence-electron chi connectivity index (χ0n) is 18.0. The van der Waals surface area contributed by atoms with Crippen LogP contribution in [-0.4, -0.2) is 53.3 Å².